The minimum Gasteiger partial charge on any atom is -0.480 e. The van der Waals surface area contributed by atoms with E-state index >= 15 is 0 Å². The lowest BCUT2D eigenvalue weighted by Crippen LogP contribution is -2.49. The van der Waals surface area contributed by atoms with E-state index in [0.29, 0.717) is 25.3 Å². The number of hydrogen-bond donors (Lipinski definition) is 1. The molecule has 1 amide bonds. The van der Waals surface area contributed by atoms with E-state index in [1.54, 1.807) is 0 Å². The van der Waals surface area contributed by atoms with Crippen molar-refractivity contribution in [2.75, 3.05) is 6.61 Å². The molecule has 1 aliphatic heterocycles. The predicted octanol–water partition coefficient (Wildman–Crippen LogP) is 2.82. The zero-order chi connectivity index (χ0) is 18.7. The van der Waals surface area contributed by atoms with Crippen molar-refractivity contribution in [3.05, 3.63) is 51.5 Å². The number of thiazole rings is 1. The Morgan fingerprint density at radius 3 is 2.81 bits per heavy atom. The van der Waals surface area contributed by atoms with Gasteiger partial charge in [0, 0.05) is 25.0 Å². The second-order valence-corrected chi connectivity index (χ2v) is 7.19. The van der Waals surface area contributed by atoms with Crippen LogP contribution in [0.5, 0.6) is 0 Å². The van der Waals surface area contributed by atoms with E-state index in [4.69, 9.17) is 4.74 Å². The van der Waals surface area contributed by atoms with Gasteiger partial charge in [0.1, 0.15) is 17.2 Å². The SMILES string of the molecule is CCO[C@@H](C)c1nc(CC(=O)N2Cc3ccccc3C[C@H]2C(=O)O)cs1. The lowest BCUT2D eigenvalue weighted by Gasteiger charge is -2.34. The second-order valence-electron chi connectivity index (χ2n) is 6.30. The van der Waals surface area contributed by atoms with Crippen molar-refractivity contribution in [3.63, 3.8) is 0 Å². The molecule has 2 atom stereocenters. The van der Waals surface area contributed by atoms with Gasteiger partial charge < -0.3 is 14.7 Å². The molecule has 0 spiro atoms. The van der Waals surface area contributed by atoms with Crippen LogP contribution in [0.15, 0.2) is 29.6 Å². The zero-order valence-corrected chi connectivity index (χ0v) is 15.7. The molecule has 0 saturated heterocycles. The summed E-state index contributed by atoms with van der Waals surface area (Å²) >= 11 is 1.46. The summed E-state index contributed by atoms with van der Waals surface area (Å²) in [5.74, 6) is -1.19. The van der Waals surface area contributed by atoms with Gasteiger partial charge in [-0.05, 0) is 25.0 Å². The number of benzene rings is 1. The monoisotopic (exact) mass is 374 g/mol. The number of amides is 1. The van der Waals surface area contributed by atoms with E-state index in [1.807, 2.05) is 43.5 Å². The first kappa shape index (κ1) is 18.5. The Bertz CT molecular complexity index is 804. The van der Waals surface area contributed by atoms with E-state index in [2.05, 4.69) is 4.98 Å². The van der Waals surface area contributed by atoms with E-state index < -0.39 is 12.0 Å². The van der Waals surface area contributed by atoms with E-state index in [1.165, 1.54) is 16.2 Å². The average molecular weight is 374 g/mol. The Balaban J connectivity index is 1.75. The van der Waals surface area contributed by atoms with Crippen LogP contribution in [0.25, 0.3) is 0 Å². The van der Waals surface area contributed by atoms with Gasteiger partial charge in [-0.3, -0.25) is 4.79 Å². The number of rotatable bonds is 6. The number of hydrogen-bond acceptors (Lipinski definition) is 5. The number of aromatic nitrogens is 1. The van der Waals surface area contributed by atoms with Crippen molar-refractivity contribution in [1.29, 1.82) is 0 Å². The molecule has 3 rings (SSSR count). The normalized spacial score (nSPS) is 17.6. The molecule has 0 bridgehead atoms. The highest BCUT2D eigenvalue weighted by molar-refractivity contribution is 7.09. The molecule has 1 aromatic heterocycles. The number of nitrogens with zero attached hydrogens (tertiary/aromatic N) is 2. The maximum atomic E-state index is 12.8. The van der Waals surface area contributed by atoms with Gasteiger partial charge in [0.15, 0.2) is 0 Å². The van der Waals surface area contributed by atoms with Crippen LogP contribution in [-0.2, 0) is 33.7 Å². The van der Waals surface area contributed by atoms with Gasteiger partial charge in [-0.15, -0.1) is 11.3 Å². The van der Waals surface area contributed by atoms with Gasteiger partial charge in [-0.25, -0.2) is 9.78 Å². The summed E-state index contributed by atoms with van der Waals surface area (Å²) in [7, 11) is 0. The fourth-order valence-electron chi connectivity index (χ4n) is 3.17. The summed E-state index contributed by atoms with van der Waals surface area (Å²) in [6.45, 7) is 4.77. The van der Waals surface area contributed by atoms with Gasteiger partial charge in [-0.2, -0.15) is 0 Å². The summed E-state index contributed by atoms with van der Waals surface area (Å²) in [4.78, 5) is 30.4. The largest absolute Gasteiger partial charge is 0.480 e. The van der Waals surface area contributed by atoms with E-state index in [0.717, 1.165) is 16.1 Å². The van der Waals surface area contributed by atoms with Crippen molar-refractivity contribution in [2.24, 2.45) is 0 Å². The van der Waals surface area contributed by atoms with Crippen LogP contribution in [0.3, 0.4) is 0 Å². The minimum absolute atomic E-state index is 0.0985. The third kappa shape index (κ3) is 3.94. The van der Waals surface area contributed by atoms with E-state index in [9.17, 15) is 14.7 Å². The first-order chi connectivity index (χ1) is 12.5. The molecule has 0 fully saturated rings. The number of carboxylic acids is 1. The van der Waals surface area contributed by atoms with Gasteiger partial charge in [0.2, 0.25) is 5.91 Å². The van der Waals surface area contributed by atoms with Crippen LogP contribution in [0.2, 0.25) is 0 Å². The molecule has 2 aromatic rings. The predicted molar refractivity (Wildman–Crippen MR) is 98.0 cm³/mol. The third-order valence-corrected chi connectivity index (χ3v) is 5.57. The van der Waals surface area contributed by atoms with Crippen molar-refractivity contribution in [2.45, 2.75) is 45.4 Å². The van der Waals surface area contributed by atoms with Crippen LogP contribution in [0.4, 0.5) is 0 Å². The summed E-state index contributed by atoms with van der Waals surface area (Å²) < 4.78 is 5.52. The van der Waals surface area contributed by atoms with Crippen molar-refractivity contribution in [3.8, 4) is 0 Å². The van der Waals surface area contributed by atoms with Crippen LogP contribution in [0.1, 0.15) is 41.8 Å². The number of carbonyl (C=O) groups is 2. The smallest absolute Gasteiger partial charge is 0.326 e. The number of aliphatic carboxylic acids is 1. The molecule has 2 heterocycles. The second kappa shape index (κ2) is 7.97. The van der Waals surface area contributed by atoms with Crippen LogP contribution >= 0.6 is 11.3 Å². The van der Waals surface area contributed by atoms with Gasteiger partial charge in [0.25, 0.3) is 0 Å². The van der Waals surface area contributed by atoms with Crippen LogP contribution in [-0.4, -0.2) is 39.5 Å². The first-order valence-electron chi connectivity index (χ1n) is 8.64. The molecule has 1 N–H and O–H groups in total. The molecule has 7 heteroatoms. The quantitative estimate of drug-likeness (QED) is 0.841. The number of ether oxygens (including phenoxy) is 1. The lowest BCUT2D eigenvalue weighted by molar-refractivity contribution is -0.151. The maximum Gasteiger partial charge on any atom is 0.326 e. The Morgan fingerprint density at radius 2 is 2.12 bits per heavy atom. The number of carboxylic acid groups (broad SMARTS) is 1. The third-order valence-electron chi connectivity index (χ3n) is 4.52. The highest BCUT2D eigenvalue weighted by Gasteiger charge is 2.34. The summed E-state index contributed by atoms with van der Waals surface area (Å²) in [6.07, 6.45) is 0.324. The topological polar surface area (TPSA) is 79.7 Å². The Morgan fingerprint density at radius 1 is 1.38 bits per heavy atom. The molecule has 1 aromatic carbocycles. The number of carbonyl (C=O) groups excluding carboxylic acids is 1. The molecule has 0 unspecified atom stereocenters. The number of fused-ring (bicyclic) bond motifs is 1. The first-order valence-corrected chi connectivity index (χ1v) is 9.52. The zero-order valence-electron chi connectivity index (χ0n) is 14.8. The van der Waals surface area contributed by atoms with E-state index in [-0.39, 0.29) is 18.4 Å². The molecular formula is C19H22N2O4S. The van der Waals surface area contributed by atoms with Gasteiger partial charge >= 0.3 is 5.97 Å². The molecule has 6 nitrogen and oxygen atoms in total. The highest BCUT2D eigenvalue weighted by atomic mass is 32.1. The fraction of sp³-hybridized carbons (Fsp3) is 0.421. The van der Waals surface area contributed by atoms with Crippen molar-refractivity contribution < 1.29 is 19.4 Å². The Kier molecular flexibility index (Phi) is 5.68. The van der Waals surface area contributed by atoms with Crippen molar-refractivity contribution >= 4 is 23.2 Å². The molecule has 0 saturated carbocycles. The molecular weight excluding hydrogens is 352 g/mol. The summed E-state index contributed by atoms with van der Waals surface area (Å²) in [6, 6.07) is 6.83. The lowest BCUT2D eigenvalue weighted by atomic mass is 9.93. The molecule has 1 aliphatic rings. The minimum atomic E-state index is -0.975. The fourth-order valence-corrected chi connectivity index (χ4v) is 4.00. The van der Waals surface area contributed by atoms with Crippen LogP contribution in [0, 0.1) is 0 Å². The Hall–Kier alpha value is -2.25. The highest BCUT2D eigenvalue weighted by Crippen LogP contribution is 2.25. The maximum absolute atomic E-state index is 12.8. The average Bonchev–Trinajstić information content (AvgIpc) is 3.09. The molecule has 138 valence electrons. The summed E-state index contributed by atoms with van der Waals surface area (Å²) in [5.41, 5.74) is 2.65. The Labute approximate surface area is 156 Å². The van der Waals surface area contributed by atoms with Gasteiger partial charge in [-0.1, -0.05) is 24.3 Å². The van der Waals surface area contributed by atoms with Crippen LogP contribution < -0.4 is 0 Å². The van der Waals surface area contributed by atoms with Crippen molar-refractivity contribution in [1.82, 2.24) is 9.88 Å². The summed E-state index contributed by atoms with van der Waals surface area (Å²) in [5, 5.41) is 12.2. The van der Waals surface area contributed by atoms with Gasteiger partial charge in [0.05, 0.1) is 12.1 Å². The standard InChI is InChI=1S/C19H22N2O4S/c1-3-25-12(2)18-20-15(11-26-18)9-17(22)21-10-14-7-5-4-6-13(14)8-16(21)19(23)24/h4-7,11-12,16H,3,8-10H2,1-2H3,(H,23,24)/t12-,16-/m0/s1. The molecule has 0 aliphatic carbocycles. The molecule has 26 heavy (non-hydrogen) atoms. The molecule has 0 radical (unpaired) electrons.